The van der Waals surface area contributed by atoms with E-state index in [-0.39, 0.29) is 0 Å². The fraction of sp³-hybridized carbons (Fsp3) is 0.600. The van der Waals surface area contributed by atoms with Gasteiger partial charge >= 0.3 is 0 Å². The zero-order valence-corrected chi connectivity index (χ0v) is 10.5. The second-order valence-corrected chi connectivity index (χ2v) is 5.53. The lowest BCUT2D eigenvalue weighted by atomic mass is 9.73. The van der Waals surface area contributed by atoms with Gasteiger partial charge in [0.1, 0.15) is 5.75 Å². The fourth-order valence-corrected chi connectivity index (χ4v) is 3.74. The lowest BCUT2D eigenvalue weighted by Gasteiger charge is -2.30. The molecule has 1 saturated heterocycles. The van der Waals surface area contributed by atoms with E-state index in [2.05, 4.69) is 23.5 Å². The van der Waals surface area contributed by atoms with Crippen LogP contribution in [0.1, 0.15) is 37.2 Å². The van der Waals surface area contributed by atoms with E-state index in [1.165, 1.54) is 37.8 Å². The summed E-state index contributed by atoms with van der Waals surface area (Å²) >= 11 is 0. The van der Waals surface area contributed by atoms with E-state index in [1.807, 2.05) is 6.07 Å². The maximum Gasteiger partial charge on any atom is 0.119 e. The summed E-state index contributed by atoms with van der Waals surface area (Å²) < 4.78 is 5.35. The second-order valence-electron chi connectivity index (χ2n) is 5.53. The van der Waals surface area contributed by atoms with Gasteiger partial charge in [-0.3, -0.25) is 0 Å². The summed E-state index contributed by atoms with van der Waals surface area (Å²) in [6, 6.07) is 8.64. The fourth-order valence-electron chi connectivity index (χ4n) is 3.74. The molecule has 1 aromatic rings. The summed E-state index contributed by atoms with van der Waals surface area (Å²) in [7, 11) is 1.75. The van der Waals surface area contributed by atoms with Gasteiger partial charge in [-0.15, -0.1) is 0 Å². The zero-order chi connectivity index (χ0) is 11.7. The van der Waals surface area contributed by atoms with Gasteiger partial charge in [0.25, 0.3) is 0 Å². The Kier molecular flexibility index (Phi) is 2.83. The van der Waals surface area contributed by atoms with Crippen molar-refractivity contribution < 1.29 is 4.74 Å². The molecule has 1 aromatic carbocycles. The summed E-state index contributed by atoms with van der Waals surface area (Å²) in [4.78, 5) is 0. The number of ether oxygens (including phenoxy) is 1. The predicted molar refractivity (Wildman–Crippen MR) is 69.5 cm³/mol. The molecule has 0 bridgehead atoms. The van der Waals surface area contributed by atoms with Crippen molar-refractivity contribution in [3.63, 3.8) is 0 Å². The van der Waals surface area contributed by atoms with Crippen LogP contribution in [0.2, 0.25) is 0 Å². The van der Waals surface area contributed by atoms with Crippen LogP contribution in [0.25, 0.3) is 0 Å². The number of hydrogen-bond acceptors (Lipinski definition) is 2. The van der Waals surface area contributed by atoms with Gasteiger partial charge in [-0.05, 0) is 36.0 Å². The molecular formula is C15H21NO. The highest BCUT2D eigenvalue weighted by atomic mass is 16.5. The molecule has 2 nitrogen and oxygen atoms in total. The van der Waals surface area contributed by atoms with Crippen LogP contribution < -0.4 is 10.1 Å². The molecule has 17 heavy (non-hydrogen) atoms. The minimum atomic E-state index is 0.534. The van der Waals surface area contributed by atoms with Crippen LogP contribution in [0.3, 0.4) is 0 Å². The first-order chi connectivity index (χ1) is 8.34. The van der Waals surface area contributed by atoms with E-state index in [9.17, 15) is 0 Å². The van der Waals surface area contributed by atoms with Crippen molar-refractivity contribution in [1.82, 2.24) is 5.32 Å². The highest BCUT2D eigenvalue weighted by molar-refractivity contribution is 5.33. The Labute approximate surface area is 103 Å². The molecule has 0 amide bonds. The van der Waals surface area contributed by atoms with Gasteiger partial charge in [-0.2, -0.15) is 0 Å². The van der Waals surface area contributed by atoms with Crippen LogP contribution in [-0.4, -0.2) is 20.2 Å². The molecule has 2 heteroatoms. The first-order valence-electron chi connectivity index (χ1n) is 6.69. The Morgan fingerprint density at radius 1 is 1.29 bits per heavy atom. The standard InChI is InChI=1S/C15H21NO/c1-17-13-6-4-5-12(9-13)14-10-16-11-15(14)7-2-3-8-15/h4-6,9,14,16H,2-3,7-8,10-11H2,1H3. The lowest BCUT2D eigenvalue weighted by molar-refractivity contribution is 0.294. The first-order valence-corrected chi connectivity index (χ1v) is 6.69. The van der Waals surface area contributed by atoms with E-state index in [0.717, 1.165) is 12.3 Å². The third-order valence-corrected chi connectivity index (χ3v) is 4.66. The van der Waals surface area contributed by atoms with Gasteiger partial charge in [0, 0.05) is 19.0 Å². The van der Waals surface area contributed by atoms with E-state index in [4.69, 9.17) is 4.74 Å². The summed E-state index contributed by atoms with van der Waals surface area (Å²) in [6.45, 7) is 2.34. The molecule has 0 radical (unpaired) electrons. The van der Waals surface area contributed by atoms with Gasteiger partial charge < -0.3 is 10.1 Å². The summed E-state index contributed by atoms with van der Waals surface area (Å²) in [5, 5.41) is 3.60. The molecule has 1 N–H and O–H groups in total. The van der Waals surface area contributed by atoms with Gasteiger partial charge in [0.2, 0.25) is 0 Å². The van der Waals surface area contributed by atoms with Crippen molar-refractivity contribution in [3.05, 3.63) is 29.8 Å². The maximum atomic E-state index is 5.35. The first kappa shape index (κ1) is 11.1. The average molecular weight is 231 g/mol. The number of nitrogens with one attached hydrogen (secondary N) is 1. The number of rotatable bonds is 2. The molecule has 2 fully saturated rings. The molecule has 1 atom stereocenters. The molecule has 92 valence electrons. The van der Waals surface area contributed by atoms with E-state index < -0.39 is 0 Å². The Hall–Kier alpha value is -1.02. The molecule has 2 aliphatic rings. The minimum absolute atomic E-state index is 0.534. The van der Waals surface area contributed by atoms with Crippen LogP contribution in [0.4, 0.5) is 0 Å². The number of methoxy groups -OCH3 is 1. The second kappa shape index (κ2) is 4.34. The molecule has 1 aliphatic heterocycles. The lowest BCUT2D eigenvalue weighted by Crippen LogP contribution is -2.25. The van der Waals surface area contributed by atoms with E-state index in [1.54, 1.807) is 7.11 Å². The normalized spacial score (nSPS) is 26.5. The monoisotopic (exact) mass is 231 g/mol. The van der Waals surface area contributed by atoms with Crippen LogP contribution >= 0.6 is 0 Å². The Bertz CT molecular complexity index is 390. The molecule has 3 rings (SSSR count). The third kappa shape index (κ3) is 1.85. The third-order valence-electron chi connectivity index (χ3n) is 4.66. The molecule has 1 saturated carbocycles. The van der Waals surface area contributed by atoms with Gasteiger partial charge in [0.15, 0.2) is 0 Å². The molecule has 1 aliphatic carbocycles. The van der Waals surface area contributed by atoms with Crippen LogP contribution in [-0.2, 0) is 0 Å². The van der Waals surface area contributed by atoms with E-state index >= 15 is 0 Å². The van der Waals surface area contributed by atoms with Crippen molar-refractivity contribution in [2.75, 3.05) is 20.2 Å². The summed E-state index contributed by atoms with van der Waals surface area (Å²) in [6.07, 6.45) is 5.59. The van der Waals surface area contributed by atoms with Gasteiger partial charge in [-0.1, -0.05) is 25.0 Å². The molecular weight excluding hydrogens is 210 g/mol. The average Bonchev–Trinajstić information content (AvgIpc) is 3.01. The number of hydrogen-bond donors (Lipinski definition) is 1. The highest BCUT2D eigenvalue weighted by Gasteiger charge is 2.45. The Balaban J connectivity index is 1.91. The van der Waals surface area contributed by atoms with Crippen molar-refractivity contribution in [2.24, 2.45) is 5.41 Å². The maximum absolute atomic E-state index is 5.35. The van der Waals surface area contributed by atoms with Crippen molar-refractivity contribution >= 4 is 0 Å². The van der Waals surface area contributed by atoms with Crippen LogP contribution in [0.15, 0.2) is 24.3 Å². The summed E-state index contributed by atoms with van der Waals surface area (Å²) in [5.41, 5.74) is 1.99. The SMILES string of the molecule is COc1cccc(C2CNCC23CCCC3)c1. The predicted octanol–water partition coefficient (Wildman–Crippen LogP) is 2.94. The Morgan fingerprint density at radius 3 is 2.88 bits per heavy atom. The highest BCUT2D eigenvalue weighted by Crippen LogP contribution is 2.51. The molecule has 1 spiro atoms. The van der Waals surface area contributed by atoms with Crippen molar-refractivity contribution in [2.45, 2.75) is 31.6 Å². The Morgan fingerprint density at radius 2 is 2.12 bits per heavy atom. The van der Waals surface area contributed by atoms with Crippen LogP contribution in [0, 0.1) is 5.41 Å². The quantitative estimate of drug-likeness (QED) is 0.845. The van der Waals surface area contributed by atoms with Crippen molar-refractivity contribution in [1.29, 1.82) is 0 Å². The van der Waals surface area contributed by atoms with E-state index in [0.29, 0.717) is 11.3 Å². The molecule has 1 unspecified atom stereocenters. The van der Waals surface area contributed by atoms with Crippen molar-refractivity contribution in [3.8, 4) is 5.75 Å². The van der Waals surface area contributed by atoms with Crippen LogP contribution in [0.5, 0.6) is 5.75 Å². The topological polar surface area (TPSA) is 21.3 Å². The number of benzene rings is 1. The summed E-state index contributed by atoms with van der Waals surface area (Å²) in [5.74, 6) is 1.67. The zero-order valence-electron chi connectivity index (χ0n) is 10.5. The largest absolute Gasteiger partial charge is 0.497 e. The minimum Gasteiger partial charge on any atom is -0.497 e. The van der Waals surface area contributed by atoms with Gasteiger partial charge in [-0.25, -0.2) is 0 Å². The molecule has 1 heterocycles. The molecule has 0 aromatic heterocycles. The van der Waals surface area contributed by atoms with Gasteiger partial charge in [0.05, 0.1) is 7.11 Å². The smallest absolute Gasteiger partial charge is 0.119 e.